The lowest BCUT2D eigenvalue weighted by molar-refractivity contribution is -0.114. The van der Waals surface area contributed by atoms with Gasteiger partial charge in [0.1, 0.15) is 24.8 Å². The van der Waals surface area contributed by atoms with Gasteiger partial charge in [0.05, 0.1) is 6.54 Å². The van der Waals surface area contributed by atoms with E-state index in [0.29, 0.717) is 37.2 Å². The lowest BCUT2D eigenvalue weighted by atomic mass is 10.1. The lowest BCUT2D eigenvalue weighted by Crippen LogP contribution is -2.47. The van der Waals surface area contributed by atoms with E-state index < -0.39 is 0 Å². The van der Waals surface area contributed by atoms with Gasteiger partial charge in [-0.2, -0.15) is 5.10 Å². The van der Waals surface area contributed by atoms with E-state index in [1.807, 2.05) is 11.6 Å². The zero-order chi connectivity index (χ0) is 20.6. The number of methoxy groups -OCH3 is 1. The van der Waals surface area contributed by atoms with E-state index in [1.54, 1.807) is 7.11 Å². The number of rotatable bonds is 7. The van der Waals surface area contributed by atoms with Gasteiger partial charge in [-0.05, 0) is 37.6 Å². The summed E-state index contributed by atoms with van der Waals surface area (Å²) in [5.41, 5.74) is 0.530. The first-order valence-corrected chi connectivity index (χ1v) is 9.59. The summed E-state index contributed by atoms with van der Waals surface area (Å²) < 4.78 is 19.9. The van der Waals surface area contributed by atoms with Crippen LogP contribution in [-0.2, 0) is 29.1 Å². The van der Waals surface area contributed by atoms with Crippen LogP contribution in [0.4, 0.5) is 10.1 Å². The minimum absolute atomic E-state index is 0. The van der Waals surface area contributed by atoms with E-state index in [1.165, 1.54) is 24.3 Å². The van der Waals surface area contributed by atoms with Gasteiger partial charge in [0.25, 0.3) is 0 Å². The SMILES string of the molecule is CCNC(=NCC(=O)Nc1ccc(F)cc1)NC1CCc2nc(COC)nn2C1.I. The number of halogens is 2. The zero-order valence-corrected chi connectivity index (χ0v) is 19.4. The fourth-order valence-electron chi connectivity index (χ4n) is 3.07. The van der Waals surface area contributed by atoms with Crippen molar-refractivity contribution in [1.29, 1.82) is 0 Å². The first-order chi connectivity index (χ1) is 14.1. The summed E-state index contributed by atoms with van der Waals surface area (Å²) >= 11 is 0. The van der Waals surface area contributed by atoms with Crippen molar-refractivity contribution in [3.8, 4) is 0 Å². The van der Waals surface area contributed by atoms with Crippen LogP contribution in [0.5, 0.6) is 0 Å². The number of hydrogen-bond acceptors (Lipinski definition) is 5. The molecule has 2 aromatic rings. The molecule has 164 valence electrons. The number of ether oxygens (including phenoxy) is 1. The number of hydrogen-bond donors (Lipinski definition) is 3. The average Bonchev–Trinajstić information content (AvgIpc) is 3.10. The Morgan fingerprint density at radius 1 is 1.37 bits per heavy atom. The first kappa shape index (κ1) is 24.0. The highest BCUT2D eigenvalue weighted by Crippen LogP contribution is 2.13. The Kier molecular flexibility index (Phi) is 9.43. The summed E-state index contributed by atoms with van der Waals surface area (Å²) in [6, 6.07) is 5.73. The molecular formula is C19H27FIN7O2. The molecule has 1 aromatic heterocycles. The van der Waals surface area contributed by atoms with Crippen LogP contribution in [0.1, 0.15) is 25.0 Å². The normalized spacial score (nSPS) is 15.7. The Balaban J connectivity index is 0.00000320. The maximum atomic E-state index is 13.0. The van der Waals surface area contributed by atoms with Crippen LogP contribution < -0.4 is 16.0 Å². The molecule has 0 bridgehead atoms. The van der Waals surface area contributed by atoms with E-state index in [0.717, 1.165) is 18.7 Å². The number of nitrogens with one attached hydrogen (secondary N) is 3. The molecule has 3 rings (SSSR count). The summed E-state index contributed by atoms with van der Waals surface area (Å²) in [6.07, 6.45) is 1.69. The van der Waals surface area contributed by atoms with Crippen molar-refractivity contribution >= 4 is 41.5 Å². The molecule has 9 nitrogen and oxygen atoms in total. The number of nitrogens with zero attached hydrogens (tertiary/aromatic N) is 4. The van der Waals surface area contributed by atoms with Gasteiger partial charge in [-0.1, -0.05) is 0 Å². The van der Waals surface area contributed by atoms with Gasteiger partial charge in [0, 0.05) is 31.8 Å². The predicted octanol–water partition coefficient (Wildman–Crippen LogP) is 1.69. The van der Waals surface area contributed by atoms with Crippen molar-refractivity contribution in [2.24, 2.45) is 4.99 Å². The van der Waals surface area contributed by atoms with E-state index in [-0.39, 0.29) is 48.3 Å². The van der Waals surface area contributed by atoms with E-state index in [2.05, 4.69) is 31.0 Å². The number of carbonyl (C=O) groups excluding carboxylic acids is 1. The highest BCUT2D eigenvalue weighted by atomic mass is 127. The Morgan fingerprint density at radius 2 is 2.13 bits per heavy atom. The van der Waals surface area contributed by atoms with Crippen LogP contribution in [0.2, 0.25) is 0 Å². The standard InChI is InChI=1S/C19H26FN7O2.HI/c1-3-21-19(22-10-18(28)23-14-6-4-13(20)5-7-14)24-15-8-9-17-25-16(12-29-2)26-27(17)11-15;/h4-7,15H,3,8-12H2,1-2H3,(H,23,28)(H2,21,22,24);1H. The van der Waals surface area contributed by atoms with Crippen LogP contribution in [0.3, 0.4) is 0 Å². The molecule has 1 aliphatic heterocycles. The Bertz CT molecular complexity index is 857. The third-order valence-electron chi connectivity index (χ3n) is 4.37. The van der Waals surface area contributed by atoms with Crippen molar-refractivity contribution in [3.63, 3.8) is 0 Å². The summed E-state index contributed by atoms with van der Waals surface area (Å²) in [5, 5.41) is 13.7. The van der Waals surface area contributed by atoms with E-state index >= 15 is 0 Å². The van der Waals surface area contributed by atoms with Gasteiger partial charge in [-0.25, -0.2) is 19.0 Å². The second-order valence-corrected chi connectivity index (χ2v) is 6.69. The van der Waals surface area contributed by atoms with Gasteiger partial charge in [0.2, 0.25) is 5.91 Å². The third kappa shape index (κ3) is 6.90. The number of aliphatic imine (C=N–C) groups is 1. The molecule has 0 radical (unpaired) electrons. The maximum Gasteiger partial charge on any atom is 0.246 e. The Hall–Kier alpha value is -2.28. The number of aryl methyl sites for hydroxylation is 1. The van der Waals surface area contributed by atoms with Crippen molar-refractivity contribution in [1.82, 2.24) is 25.4 Å². The summed E-state index contributed by atoms with van der Waals surface area (Å²) in [6.45, 7) is 3.64. The lowest BCUT2D eigenvalue weighted by Gasteiger charge is -2.25. The van der Waals surface area contributed by atoms with Crippen LogP contribution in [0, 0.1) is 5.82 Å². The Morgan fingerprint density at radius 3 is 2.83 bits per heavy atom. The molecule has 0 aliphatic carbocycles. The smallest absolute Gasteiger partial charge is 0.246 e. The molecular weight excluding hydrogens is 504 g/mol. The first-order valence-electron chi connectivity index (χ1n) is 9.59. The second kappa shape index (κ2) is 11.8. The number of carbonyl (C=O) groups is 1. The van der Waals surface area contributed by atoms with E-state index in [9.17, 15) is 9.18 Å². The number of aromatic nitrogens is 3. The quantitative estimate of drug-likeness (QED) is 0.286. The number of benzene rings is 1. The number of amides is 1. The molecule has 30 heavy (non-hydrogen) atoms. The largest absolute Gasteiger partial charge is 0.377 e. The number of anilines is 1. The molecule has 3 N–H and O–H groups in total. The van der Waals surface area contributed by atoms with Crippen molar-refractivity contribution in [2.45, 2.75) is 39.0 Å². The van der Waals surface area contributed by atoms with Crippen LogP contribution in [-0.4, -0.2) is 52.9 Å². The third-order valence-corrected chi connectivity index (χ3v) is 4.37. The topological polar surface area (TPSA) is 105 Å². The molecule has 1 aromatic carbocycles. The summed E-state index contributed by atoms with van der Waals surface area (Å²) in [4.78, 5) is 21.0. The maximum absolute atomic E-state index is 13.0. The molecule has 2 heterocycles. The monoisotopic (exact) mass is 531 g/mol. The van der Waals surface area contributed by atoms with Crippen LogP contribution in [0.25, 0.3) is 0 Å². The van der Waals surface area contributed by atoms with Gasteiger partial charge >= 0.3 is 0 Å². The van der Waals surface area contributed by atoms with Gasteiger partial charge in [-0.15, -0.1) is 24.0 Å². The molecule has 0 saturated heterocycles. The van der Waals surface area contributed by atoms with Crippen molar-refractivity contribution in [2.75, 3.05) is 25.5 Å². The highest BCUT2D eigenvalue weighted by Gasteiger charge is 2.22. The highest BCUT2D eigenvalue weighted by molar-refractivity contribution is 14.0. The molecule has 11 heteroatoms. The molecule has 0 fully saturated rings. The number of guanidine groups is 1. The molecule has 0 saturated carbocycles. The predicted molar refractivity (Wildman–Crippen MR) is 122 cm³/mol. The van der Waals surface area contributed by atoms with Crippen LogP contribution >= 0.6 is 24.0 Å². The Labute approximate surface area is 191 Å². The van der Waals surface area contributed by atoms with Crippen molar-refractivity contribution < 1.29 is 13.9 Å². The van der Waals surface area contributed by atoms with E-state index in [4.69, 9.17) is 4.74 Å². The number of fused-ring (bicyclic) bond motifs is 1. The minimum Gasteiger partial charge on any atom is -0.377 e. The molecule has 1 aliphatic rings. The minimum atomic E-state index is -0.350. The van der Waals surface area contributed by atoms with Gasteiger partial charge in [-0.3, -0.25) is 4.79 Å². The zero-order valence-electron chi connectivity index (χ0n) is 17.0. The van der Waals surface area contributed by atoms with Crippen molar-refractivity contribution in [3.05, 3.63) is 41.7 Å². The van der Waals surface area contributed by atoms with Gasteiger partial charge < -0.3 is 20.7 Å². The fourth-order valence-corrected chi connectivity index (χ4v) is 3.07. The second-order valence-electron chi connectivity index (χ2n) is 6.69. The summed E-state index contributed by atoms with van der Waals surface area (Å²) in [5.74, 6) is 1.57. The molecule has 0 spiro atoms. The summed E-state index contributed by atoms with van der Waals surface area (Å²) in [7, 11) is 1.62. The average molecular weight is 531 g/mol. The van der Waals surface area contributed by atoms with Crippen LogP contribution in [0.15, 0.2) is 29.3 Å². The molecule has 1 atom stereocenters. The molecule has 1 unspecified atom stereocenters. The van der Waals surface area contributed by atoms with Gasteiger partial charge in [0.15, 0.2) is 11.8 Å². The molecule has 1 amide bonds. The fraction of sp³-hybridized carbons (Fsp3) is 0.474.